The van der Waals surface area contributed by atoms with Gasteiger partial charge in [0, 0.05) is 23.9 Å². The Morgan fingerprint density at radius 2 is 1.85 bits per heavy atom. The van der Waals surface area contributed by atoms with Crippen molar-refractivity contribution in [2.45, 2.75) is 59.5 Å². The monoisotopic (exact) mass is 479 g/mol. The van der Waals surface area contributed by atoms with E-state index in [1.165, 1.54) is 0 Å². The number of aromatic amines is 1. The third kappa shape index (κ3) is 5.12. The number of halogens is 1. The highest BCUT2D eigenvalue weighted by atomic mass is 35.5. The zero-order valence-electron chi connectivity index (χ0n) is 19.8. The van der Waals surface area contributed by atoms with Crippen LogP contribution in [0.4, 0.5) is 0 Å². The van der Waals surface area contributed by atoms with E-state index in [1.54, 1.807) is 4.57 Å². The topological polar surface area (TPSA) is 94.3 Å². The summed E-state index contributed by atoms with van der Waals surface area (Å²) < 4.78 is 3.52. The molecule has 0 aliphatic heterocycles. The predicted molar refractivity (Wildman–Crippen MR) is 134 cm³/mol. The van der Waals surface area contributed by atoms with Crippen molar-refractivity contribution in [1.29, 1.82) is 0 Å². The highest BCUT2D eigenvalue weighted by molar-refractivity contribution is 6.30. The van der Waals surface area contributed by atoms with Gasteiger partial charge in [-0.05, 0) is 40.8 Å². The summed E-state index contributed by atoms with van der Waals surface area (Å²) in [6.45, 7) is 7.39. The number of hydrogen-bond donors (Lipinski definition) is 1. The van der Waals surface area contributed by atoms with E-state index in [2.05, 4.69) is 41.4 Å². The lowest BCUT2D eigenvalue weighted by atomic mass is 10.0. The number of rotatable bonds is 10. The molecule has 3 heterocycles. The van der Waals surface area contributed by atoms with Crippen molar-refractivity contribution < 1.29 is 0 Å². The number of nitrogens with zero attached hydrogens (tertiary/aromatic N) is 6. The summed E-state index contributed by atoms with van der Waals surface area (Å²) in [6.07, 6.45) is 5.84. The molecular formula is C25H30ClN7O. The molecule has 1 N–H and O–H groups in total. The zero-order valence-corrected chi connectivity index (χ0v) is 20.6. The number of benzene rings is 1. The van der Waals surface area contributed by atoms with E-state index >= 15 is 0 Å². The van der Waals surface area contributed by atoms with E-state index in [0.717, 1.165) is 53.8 Å². The van der Waals surface area contributed by atoms with Crippen LogP contribution in [0.2, 0.25) is 5.15 Å². The molecule has 3 aromatic heterocycles. The van der Waals surface area contributed by atoms with E-state index in [9.17, 15) is 4.79 Å². The third-order valence-corrected chi connectivity index (χ3v) is 6.22. The molecular weight excluding hydrogens is 450 g/mol. The maximum Gasteiger partial charge on any atom is 0.329 e. The Morgan fingerprint density at radius 3 is 2.50 bits per heavy atom. The van der Waals surface area contributed by atoms with Crippen molar-refractivity contribution in [1.82, 2.24) is 34.7 Å². The minimum atomic E-state index is -0.0579. The van der Waals surface area contributed by atoms with Gasteiger partial charge in [0.1, 0.15) is 5.15 Å². The van der Waals surface area contributed by atoms with E-state index in [1.807, 2.05) is 47.2 Å². The van der Waals surface area contributed by atoms with Gasteiger partial charge in [0.25, 0.3) is 0 Å². The molecule has 34 heavy (non-hydrogen) atoms. The Morgan fingerprint density at radius 1 is 1.06 bits per heavy atom. The highest BCUT2D eigenvalue weighted by Gasteiger charge is 2.19. The highest BCUT2D eigenvalue weighted by Crippen LogP contribution is 2.28. The molecule has 0 atom stereocenters. The maximum atomic E-state index is 13.2. The number of imidazole rings is 1. The van der Waals surface area contributed by atoms with E-state index in [4.69, 9.17) is 16.6 Å². The second-order valence-corrected chi connectivity index (χ2v) is 9.27. The maximum absolute atomic E-state index is 13.2. The summed E-state index contributed by atoms with van der Waals surface area (Å²) in [7, 11) is 0. The number of hydrogen-bond acceptors (Lipinski definition) is 5. The summed E-state index contributed by atoms with van der Waals surface area (Å²) in [5.41, 5.74) is 4.41. The summed E-state index contributed by atoms with van der Waals surface area (Å²) in [6, 6.07) is 11.8. The first-order valence-corrected chi connectivity index (χ1v) is 12.1. The fourth-order valence-corrected chi connectivity index (χ4v) is 4.46. The molecule has 1 aromatic carbocycles. The Hall–Kier alpha value is -3.26. The third-order valence-electron chi connectivity index (χ3n) is 5.80. The SMILES string of the molecule is CCCCCc1c(Cl)n(CC(C)C)c(=O)n1Cc1ccc(-c2ccccc2-c2nnn[nH]2)nc1. The Labute approximate surface area is 204 Å². The largest absolute Gasteiger partial charge is 0.329 e. The molecule has 0 saturated heterocycles. The van der Waals surface area contributed by atoms with Crippen LogP contribution in [0, 0.1) is 5.92 Å². The lowest BCUT2D eigenvalue weighted by Crippen LogP contribution is -2.27. The number of H-pyrrole nitrogens is 1. The van der Waals surface area contributed by atoms with Crippen LogP contribution in [0.3, 0.4) is 0 Å². The van der Waals surface area contributed by atoms with Gasteiger partial charge < -0.3 is 0 Å². The molecule has 4 aromatic rings. The molecule has 0 unspecified atom stereocenters. The lowest BCUT2D eigenvalue weighted by Gasteiger charge is -2.10. The Balaban J connectivity index is 1.64. The van der Waals surface area contributed by atoms with Gasteiger partial charge in [0.2, 0.25) is 0 Å². The second-order valence-electron chi connectivity index (χ2n) is 8.91. The van der Waals surface area contributed by atoms with Crippen molar-refractivity contribution in [3.8, 4) is 22.6 Å². The van der Waals surface area contributed by atoms with Crippen molar-refractivity contribution in [3.05, 3.63) is 69.5 Å². The van der Waals surface area contributed by atoms with Gasteiger partial charge in [-0.1, -0.05) is 75.5 Å². The fraction of sp³-hybridized carbons (Fsp3) is 0.400. The van der Waals surface area contributed by atoms with E-state index < -0.39 is 0 Å². The Kier molecular flexibility index (Phi) is 7.57. The molecule has 8 nitrogen and oxygen atoms in total. The summed E-state index contributed by atoms with van der Waals surface area (Å²) in [5.74, 6) is 0.918. The van der Waals surface area contributed by atoms with E-state index in [0.29, 0.717) is 30.0 Å². The van der Waals surface area contributed by atoms with Crippen molar-refractivity contribution >= 4 is 11.6 Å². The molecule has 0 spiro atoms. The van der Waals surface area contributed by atoms with Crippen molar-refractivity contribution in [3.63, 3.8) is 0 Å². The smallest absolute Gasteiger partial charge is 0.290 e. The Bertz CT molecular complexity index is 1270. The second kappa shape index (κ2) is 10.8. The normalized spacial score (nSPS) is 11.4. The van der Waals surface area contributed by atoms with Gasteiger partial charge in [-0.25, -0.2) is 9.89 Å². The first kappa shape index (κ1) is 23.9. The average molecular weight is 480 g/mol. The number of unbranched alkanes of at least 4 members (excludes halogenated alkanes) is 2. The van der Waals surface area contributed by atoms with Crippen LogP contribution in [-0.2, 0) is 19.5 Å². The summed E-state index contributed by atoms with van der Waals surface area (Å²) >= 11 is 6.70. The molecule has 0 aliphatic rings. The number of nitrogens with one attached hydrogen (secondary N) is 1. The molecule has 9 heteroatoms. The standard InChI is InChI=1S/C25H30ClN7O/c1-4-5-6-11-22-23(26)33(15-17(2)3)25(34)32(22)16-18-12-13-21(27-14-18)19-9-7-8-10-20(19)24-28-30-31-29-24/h7-10,12-14,17H,4-6,11,15-16H2,1-3H3,(H,28,29,30,31). The van der Waals surface area contributed by atoms with Crippen LogP contribution in [0.5, 0.6) is 0 Å². The quantitative estimate of drug-likeness (QED) is 0.323. The number of aromatic nitrogens is 7. The zero-order chi connectivity index (χ0) is 24.1. The predicted octanol–water partition coefficient (Wildman–Crippen LogP) is 4.98. The molecule has 0 radical (unpaired) electrons. The molecule has 4 rings (SSSR count). The van der Waals surface area contributed by atoms with Crippen LogP contribution in [0.1, 0.15) is 51.3 Å². The van der Waals surface area contributed by atoms with Crippen LogP contribution in [0.25, 0.3) is 22.6 Å². The average Bonchev–Trinajstić information content (AvgIpc) is 3.45. The molecule has 0 fully saturated rings. The fourth-order valence-electron chi connectivity index (χ4n) is 4.13. The first-order chi connectivity index (χ1) is 16.5. The first-order valence-electron chi connectivity index (χ1n) is 11.8. The van der Waals surface area contributed by atoms with Crippen LogP contribution >= 0.6 is 11.6 Å². The van der Waals surface area contributed by atoms with Gasteiger partial charge in [-0.2, -0.15) is 0 Å². The van der Waals surface area contributed by atoms with Crippen LogP contribution < -0.4 is 5.69 Å². The minimum Gasteiger partial charge on any atom is -0.290 e. The van der Waals surface area contributed by atoms with Crippen LogP contribution in [-0.4, -0.2) is 34.7 Å². The molecule has 178 valence electrons. The van der Waals surface area contributed by atoms with Crippen molar-refractivity contribution in [2.75, 3.05) is 0 Å². The summed E-state index contributed by atoms with van der Waals surface area (Å²) in [4.78, 5) is 17.9. The van der Waals surface area contributed by atoms with Gasteiger partial charge >= 0.3 is 5.69 Å². The number of tetrazole rings is 1. The molecule has 0 aliphatic carbocycles. The van der Waals surface area contributed by atoms with Gasteiger partial charge in [-0.3, -0.25) is 14.1 Å². The van der Waals surface area contributed by atoms with Gasteiger partial charge in [-0.15, -0.1) is 5.10 Å². The molecule has 0 bridgehead atoms. The van der Waals surface area contributed by atoms with Gasteiger partial charge in [0.15, 0.2) is 5.82 Å². The molecule has 0 saturated carbocycles. The minimum absolute atomic E-state index is 0.0579. The van der Waals surface area contributed by atoms with Crippen molar-refractivity contribution in [2.24, 2.45) is 5.92 Å². The van der Waals surface area contributed by atoms with Crippen LogP contribution in [0.15, 0.2) is 47.4 Å². The number of pyridine rings is 1. The molecule has 0 amide bonds. The van der Waals surface area contributed by atoms with E-state index in [-0.39, 0.29) is 5.69 Å². The van der Waals surface area contributed by atoms with Gasteiger partial charge in [0.05, 0.1) is 17.9 Å². The lowest BCUT2D eigenvalue weighted by molar-refractivity contribution is 0.504. The summed E-state index contributed by atoms with van der Waals surface area (Å²) in [5, 5.41) is 14.8.